The molecule has 0 aliphatic carbocycles. The van der Waals surface area contributed by atoms with Gasteiger partial charge in [-0.25, -0.2) is 9.97 Å². The van der Waals surface area contributed by atoms with E-state index in [0.29, 0.717) is 0 Å². The number of hydrogen-bond acceptors (Lipinski definition) is 5. The Morgan fingerprint density at radius 1 is 1.00 bits per heavy atom. The molecule has 1 fully saturated rings. The molecule has 5 heteroatoms. The van der Waals surface area contributed by atoms with Crippen molar-refractivity contribution < 1.29 is 0 Å². The lowest BCUT2D eigenvalue weighted by atomic mass is 10.2. The molecule has 0 saturated carbocycles. The highest BCUT2D eigenvalue weighted by Crippen LogP contribution is 2.10. The summed E-state index contributed by atoms with van der Waals surface area (Å²) in [5.74, 6) is 0.868. The van der Waals surface area contributed by atoms with Crippen LogP contribution in [0.2, 0.25) is 0 Å². The van der Waals surface area contributed by atoms with Crippen LogP contribution in [0.15, 0.2) is 18.5 Å². The Kier molecular flexibility index (Phi) is 6.04. The maximum absolute atomic E-state index is 5.52. The molecule has 0 spiro atoms. The lowest BCUT2D eigenvalue weighted by molar-refractivity contribution is 0.286. The van der Waals surface area contributed by atoms with Gasteiger partial charge in [0, 0.05) is 32.0 Å². The van der Waals surface area contributed by atoms with E-state index in [-0.39, 0.29) is 0 Å². The number of hydrogen-bond donors (Lipinski definition) is 1. The molecule has 0 unspecified atom stereocenters. The Morgan fingerprint density at radius 3 is 2.63 bits per heavy atom. The van der Waals surface area contributed by atoms with Crippen LogP contribution in [0.3, 0.4) is 0 Å². The van der Waals surface area contributed by atoms with E-state index in [9.17, 15) is 0 Å². The van der Waals surface area contributed by atoms with Crippen LogP contribution in [-0.2, 0) is 0 Å². The molecule has 0 radical (unpaired) electrons. The Bertz CT molecular complexity index is 343. The van der Waals surface area contributed by atoms with E-state index in [1.807, 2.05) is 18.5 Å². The Balaban J connectivity index is 1.75. The Labute approximate surface area is 115 Å². The SMILES string of the molecule is NCCCCCN1CCCN(c2ncccn2)CC1. The first-order valence-electron chi connectivity index (χ1n) is 7.34. The summed E-state index contributed by atoms with van der Waals surface area (Å²) < 4.78 is 0. The minimum Gasteiger partial charge on any atom is -0.339 e. The van der Waals surface area contributed by atoms with Crippen molar-refractivity contribution in [2.75, 3.05) is 44.2 Å². The fourth-order valence-electron chi connectivity index (χ4n) is 2.51. The van der Waals surface area contributed by atoms with Gasteiger partial charge in [-0.05, 0) is 45.0 Å². The van der Waals surface area contributed by atoms with Crippen molar-refractivity contribution in [2.24, 2.45) is 5.73 Å². The van der Waals surface area contributed by atoms with Gasteiger partial charge in [0.15, 0.2) is 0 Å². The number of nitrogens with zero attached hydrogens (tertiary/aromatic N) is 4. The highest BCUT2D eigenvalue weighted by atomic mass is 15.3. The van der Waals surface area contributed by atoms with Gasteiger partial charge >= 0.3 is 0 Å². The second-order valence-corrected chi connectivity index (χ2v) is 5.08. The van der Waals surface area contributed by atoms with Crippen molar-refractivity contribution in [3.63, 3.8) is 0 Å². The molecule has 19 heavy (non-hydrogen) atoms. The van der Waals surface area contributed by atoms with Gasteiger partial charge < -0.3 is 15.5 Å². The summed E-state index contributed by atoms with van der Waals surface area (Å²) in [7, 11) is 0. The average Bonchev–Trinajstić information content (AvgIpc) is 2.70. The molecule has 2 heterocycles. The van der Waals surface area contributed by atoms with Gasteiger partial charge in [-0.3, -0.25) is 0 Å². The van der Waals surface area contributed by atoms with Crippen molar-refractivity contribution >= 4 is 5.95 Å². The fourth-order valence-corrected chi connectivity index (χ4v) is 2.51. The Hall–Kier alpha value is -1.20. The molecular weight excluding hydrogens is 238 g/mol. The summed E-state index contributed by atoms with van der Waals surface area (Å²) in [6.45, 7) is 6.40. The maximum atomic E-state index is 5.52. The number of anilines is 1. The molecule has 0 atom stereocenters. The van der Waals surface area contributed by atoms with Gasteiger partial charge in [0.1, 0.15) is 0 Å². The highest BCUT2D eigenvalue weighted by molar-refractivity contribution is 5.28. The van der Waals surface area contributed by atoms with Crippen LogP contribution in [0.4, 0.5) is 5.95 Å². The third-order valence-corrected chi connectivity index (χ3v) is 3.60. The molecule has 2 N–H and O–H groups in total. The Morgan fingerprint density at radius 2 is 1.84 bits per heavy atom. The largest absolute Gasteiger partial charge is 0.339 e. The zero-order chi connectivity index (χ0) is 13.3. The van der Waals surface area contributed by atoms with Crippen LogP contribution in [0.5, 0.6) is 0 Å². The first kappa shape index (κ1) is 14.2. The molecule has 1 aliphatic heterocycles. The molecule has 0 aromatic carbocycles. The van der Waals surface area contributed by atoms with Crippen molar-refractivity contribution in [1.82, 2.24) is 14.9 Å². The lowest BCUT2D eigenvalue weighted by Gasteiger charge is -2.21. The van der Waals surface area contributed by atoms with Crippen LogP contribution in [0.25, 0.3) is 0 Å². The number of rotatable bonds is 6. The molecule has 1 saturated heterocycles. The first-order chi connectivity index (χ1) is 9.40. The summed E-state index contributed by atoms with van der Waals surface area (Å²) >= 11 is 0. The van der Waals surface area contributed by atoms with Crippen molar-refractivity contribution in [2.45, 2.75) is 25.7 Å². The zero-order valence-corrected chi connectivity index (χ0v) is 11.7. The van der Waals surface area contributed by atoms with E-state index >= 15 is 0 Å². The molecule has 106 valence electrons. The van der Waals surface area contributed by atoms with Crippen molar-refractivity contribution in [3.8, 4) is 0 Å². The predicted octanol–water partition coefficient (Wildman–Crippen LogP) is 1.12. The van der Waals surface area contributed by atoms with E-state index in [4.69, 9.17) is 5.73 Å². The van der Waals surface area contributed by atoms with Crippen LogP contribution in [0.1, 0.15) is 25.7 Å². The molecule has 5 nitrogen and oxygen atoms in total. The molecule has 0 bridgehead atoms. The smallest absolute Gasteiger partial charge is 0.225 e. The van der Waals surface area contributed by atoms with Gasteiger partial charge in [-0.15, -0.1) is 0 Å². The van der Waals surface area contributed by atoms with Crippen molar-refractivity contribution in [1.29, 1.82) is 0 Å². The average molecular weight is 263 g/mol. The van der Waals surface area contributed by atoms with Gasteiger partial charge in [-0.1, -0.05) is 6.42 Å². The summed E-state index contributed by atoms with van der Waals surface area (Å²) in [6, 6.07) is 1.87. The van der Waals surface area contributed by atoms with E-state index < -0.39 is 0 Å². The predicted molar refractivity (Wildman–Crippen MR) is 78.2 cm³/mol. The third kappa shape index (κ3) is 4.76. The second-order valence-electron chi connectivity index (χ2n) is 5.08. The zero-order valence-electron chi connectivity index (χ0n) is 11.7. The lowest BCUT2D eigenvalue weighted by Crippen LogP contribution is -2.32. The van der Waals surface area contributed by atoms with Gasteiger partial charge in [0.2, 0.25) is 5.95 Å². The van der Waals surface area contributed by atoms with E-state index in [1.54, 1.807) is 0 Å². The molecular formula is C14H25N5. The minimum atomic E-state index is 0.819. The molecule has 2 rings (SSSR count). The van der Waals surface area contributed by atoms with Gasteiger partial charge in [-0.2, -0.15) is 0 Å². The number of nitrogens with two attached hydrogens (primary N) is 1. The minimum absolute atomic E-state index is 0.819. The molecule has 1 aromatic heterocycles. The molecule has 1 aliphatic rings. The summed E-state index contributed by atoms with van der Waals surface area (Å²) in [4.78, 5) is 13.5. The second kappa shape index (κ2) is 8.07. The van der Waals surface area contributed by atoms with E-state index in [0.717, 1.165) is 38.5 Å². The van der Waals surface area contributed by atoms with Crippen LogP contribution < -0.4 is 10.6 Å². The normalized spacial score (nSPS) is 17.4. The molecule has 1 aromatic rings. The summed E-state index contributed by atoms with van der Waals surface area (Å²) in [5.41, 5.74) is 5.52. The quantitative estimate of drug-likeness (QED) is 0.779. The highest BCUT2D eigenvalue weighted by Gasteiger charge is 2.15. The molecule has 0 amide bonds. The monoisotopic (exact) mass is 263 g/mol. The van der Waals surface area contributed by atoms with Gasteiger partial charge in [0.05, 0.1) is 0 Å². The topological polar surface area (TPSA) is 58.3 Å². The number of aromatic nitrogens is 2. The maximum Gasteiger partial charge on any atom is 0.225 e. The number of unbranched alkanes of at least 4 members (excludes halogenated alkanes) is 2. The third-order valence-electron chi connectivity index (χ3n) is 3.60. The van der Waals surface area contributed by atoms with E-state index in [1.165, 1.54) is 32.4 Å². The van der Waals surface area contributed by atoms with Crippen molar-refractivity contribution in [3.05, 3.63) is 18.5 Å². The fraction of sp³-hybridized carbons (Fsp3) is 0.714. The van der Waals surface area contributed by atoms with Crippen LogP contribution in [0, 0.1) is 0 Å². The van der Waals surface area contributed by atoms with Gasteiger partial charge in [0.25, 0.3) is 0 Å². The van der Waals surface area contributed by atoms with Crippen LogP contribution in [-0.4, -0.2) is 54.1 Å². The van der Waals surface area contributed by atoms with E-state index in [2.05, 4.69) is 19.8 Å². The summed E-state index contributed by atoms with van der Waals surface area (Å²) in [6.07, 6.45) is 8.49. The van der Waals surface area contributed by atoms with Crippen LogP contribution >= 0.6 is 0 Å². The standard InChI is InChI=1S/C14H25N5/c15-6-2-1-3-9-18-10-5-11-19(13-12-18)14-16-7-4-8-17-14/h4,7-8H,1-3,5-6,9-13,15H2. The summed E-state index contributed by atoms with van der Waals surface area (Å²) in [5, 5.41) is 0. The first-order valence-corrected chi connectivity index (χ1v) is 7.34.